The molecular weight excluding hydrogens is 465 g/mol. The Balaban J connectivity index is 1.36. The average molecular weight is 482 g/mol. The number of ether oxygens (including phenoxy) is 1. The summed E-state index contributed by atoms with van der Waals surface area (Å²) in [5.41, 5.74) is 6.29. The van der Waals surface area contributed by atoms with Gasteiger partial charge in [0, 0.05) is 21.0 Å². The van der Waals surface area contributed by atoms with Crippen LogP contribution in [-0.4, -0.2) is 11.2 Å². The number of hydrazone groups is 1. The van der Waals surface area contributed by atoms with Gasteiger partial charge in [-0.05, 0) is 29.8 Å². The fourth-order valence-corrected chi connectivity index (χ4v) is 3.71. The molecule has 7 heteroatoms. The van der Waals surface area contributed by atoms with E-state index in [2.05, 4.69) is 31.4 Å². The molecule has 0 fully saturated rings. The normalized spacial score (nSPS) is 11.0. The highest BCUT2D eigenvalue weighted by molar-refractivity contribution is 9.10. The lowest BCUT2D eigenvalue weighted by Crippen LogP contribution is -1.99. The number of hydrogen-bond donors (Lipinski definition) is 1. The SMILES string of the molecule is Fc1cc(Br)ccc1COc1cccc(C=NNc2nc(-c3ccccc3)cs2)c1. The molecule has 0 aliphatic rings. The summed E-state index contributed by atoms with van der Waals surface area (Å²) in [5, 5.41) is 6.95. The topological polar surface area (TPSA) is 46.5 Å². The van der Waals surface area contributed by atoms with Crippen LogP contribution in [0.3, 0.4) is 0 Å². The van der Waals surface area contributed by atoms with Crippen LogP contribution < -0.4 is 10.2 Å². The lowest BCUT2D eigenvalue weighted by Gasteiger charge is -2.08. The number of nitrogens with zero attached hydrogens (tertiary/aromatic N) is 2. The minimum atomic E-state index is -0.301. The summed E-state index contributed by atoms with van der Waals surface area (Å²) in [6.45, 7) is 0.152. The lowest BCUT2D eigenvalue weighted by atomic mass is 10.2. The van der Waals surface area contributed by atoms with Crippen molar-refractivity contribution in [1.82, 2.24) is 4.98 Å². The van der Waals surface area contributed by atoms with Crippen molar-refractivity contribution in [2.24, 2.45) is 5.10 Å². The van der Waals surface area contributed by atoms with Crippen LogP contribution in [0.4, 0.5) is 9.52 Å². The van der Waals surface area contributed by atoms with Crippen LogP contribution >= 0.6 is 27.3 Å². The number of thiazole rings is 1. The maximum Gasteiger partial charge on any atom is 0.203 e. The van der Waals surface area contributed by atoms with Gasteiger partial charge in [-0.1, -0.05) is 64.5 Å². The van der Waals surface area contributed by atoms with E-state index in [0.717, 1.165) is 16.8 Å². The Morgan fingerprint density at radius 3 is 2.77 bits per heavy atom. The molecule has 0 saturated heterocycles. The summed E-state index contributed by atoms with van der Waals surface area (Å²) in [6.07, 6.45) is 1.69. The largest absolute Gasteiger partial charge is 0.489 e. The molecule has 4 nitrogen and oxygen atoms in total. The van der Waals surface area contributed by atoms with Gasteiger partial charge in [-0.15, -0.1) is 11.3 Å². The standard InChI is InChI=1S/C23H17BrFN3OS/c24-19-10-9-18(21(25)12-19)14-29-20-8-4-5-16(11-20)13-26-28-23-27-22(15-30-23)17-6-2-1-3-7-17/h1-13,15H,14H2,(H,27,28). The molecule has 30 heavy (non-hydrogen) atoms. The summed E-state index contributed by atoms with van der Waals surface area (Å²) < 4.78 is 20.3. The van der Waals surface area contributed by atoms with Crippen molar-refractivity contribution in [3.8, 4) is 17.0 Å². The van der Waals surface area contributed by atoms with Crippen molar-refractivity contribution < 1.29 is 9.13 Å². The summed E-state index contributed by atoms with van der Waals surface area (Å²) in [5.74, 6) is 0.339. The van der Waals surface area contributed by atoms with Gasteiger partial charge in [-0.3, -0.25) is 5.43 Å². The highest BCUT2D eigenvalue weighted by Crippen LogP contribution is 2.24. The van der Waals surface area contributed by atoms with Crippen LogP contribution in [0.1, 0.15) is 11.1 Å². The first-order chi connectivity index (χ1) is 14.7. The Morgan fingerprint density at radius 2 is 1.93 bits per heavy atom. The first-order valence-electron chi connectivity index (χ1n) is 9.14. The fraction of sp³-hybridized carbons (Fsp3) is 0.0435. The molecule has 0 aliphatic heterocycles. The van der Waals surface area contributed by atoms with Crippen LogP contribution in [0.2, 0.25) is 0 Å². The van der Waals surface area contributed by atoms with Crippen LogP contribution in [0.5, 0.6) is 5.75 Å². The number of aromatic nitrogens is 1. The molecule has 4 aromatic rings. The maximum absolute atomic E-state index is 13.9. The third-order valence-electron chi connectivity index (χ3n) is 4.22. The second-order valence-electron chi connectivity index (χ2n) is 6.37. The number of halogens is 2. The number of nitrogens with one attached hydrogen (secondary N) is 1. The quantitative estimate of drug-likeness (QED) is 0.235. The van der Waals surface area contributed by atoms with E-state index in [0.29, 0.717) is 20.9 Å². The van der Waals surface area contributed by atoms with Crippen LogP contribution in [-0.2, 0) is 6.61 Å². The third-order valence-corrected chi connectivity index (χ3v) is 5.46. The first kappa shape index (κ1) is 20.3. The number of hydrogen-bond acceptors (Lipinski definition) is 5. The van der Waals surface area contributed by atoms with E-state index in [9.17, 15) is 4.39 Å². The second kappa shape index (κ2) is 9.65. The van der Waals surface area contributed by atoms with Gasteiger partial charge in [0.15, 0.2) is 0 Å². The zero-order valence-corrected chi connectivity index (χ0v) is 18.2. The van der Waals surface area contributed by atoms with Gasteiger partial charge in [0.2, 0.25) is 5.13 Å². The molecule has 150 valence electrons. The summed E-state index contributed by atoms with van der Waals surface area (Å²) in [4.78, 5) is 4.54. The highest BCUT2D eigenvalue weighted by atomic mass is 79.9. The van der Waals surface area contributed by atoms with Crippen molar-refractivity contribution >= 4 is 38.6 Å². The molecule has 0 unspecified atom stereocenters. The molecule has 0 saturated carbocycles. The maximum atomic E-state index is 13.9. The number of rotatable bonds is 7. The van der Waals surface area contributed by atoms with E-state index < -0.39 is 0 Å². The third kappa shape index (κ3) is 5.31. The van der Waals surface area contributed by atoms with Crippen LogP contribution in [0, 0.1) is 5.82 Å². The molecule has 1 heterocycles. The number of benzene rings is 3. The molecule has 0 amide bonds. The number of anilines is 1. The molecular formula is C23H17BrFN3OS. The van der Waals surface area contributed by atoms with Crippen LogP contribution in [0.15, 0.2) is 87.8 Å². The van der Waals surface area contributed by atoms with Crippen molar-refractivity contribution in [2.75, 3.05) is 5.43 Å². The van der Waals surface area contributed by atoms with Gasteiger partial charge in [0.05, 0.1) is 11.9 Å². The van der Waals surface area contributed by atoms with Crippen molar-refractivity contribution in [3.63, 3.8) is 0 Å². The minimum absolute atomic E-state index is 0.152. The highest BCUT2D eigenvalue weighted by Gasteiger charge is 2.05. The molecule has 0 spiro atoms. The van der Waals surface area contributed by atoms with Gasteiger partial charge in [-0.2, -0.15) is 5.10 Å². The Hall–Kier alpha value is -3.03. The molecule has 0 radical (unpaired) electrons. The van der Waals surface area contributed by atoms with Gasteiger partial charge in [0.1, 0.15) is 18.2 Å². The average Bonchev–Trinajstić information content (AvgIpc) is 3.23. The summed E-state index contributed by atoms with van der Waals surface area (Å²) >= 11 is 4.74. The molecule has 0 bridgehead atoms. The van der Waals surface area contributed by atoms with Crippen LogP contribution in [0.25, 0.3) is 11.3 Å². The Kier molecular flexibility index (Phi) is 6.51. The molecule has 0 aliphatic carbocycles. The summed E-state index contributed by atoms with van der Waals surface area (Å²) in [6, 6.07) is 22.4. The van der Waals surface area contributed by atoms with Gasteiger partial charge in [0.25, 0.3) is 0 Å². The Labute approximate surface area is 186 Å². The lowest BCUT2D eigenvalue weighted by molar-refractivity contribution is 0.300. The van der Waals surface area contributed by atoms with Crippen molar-refractivity contribution in [3.05, 3.63) is 99.6 Å². The minimum Gasteiger partial charge on any atom is -0.489 e. The molecule has 1 aromatic heterocycles. The van der Waals surface area contributed by atoms with Gasteiger partial charge >= 0.3 is 0 Å². The predicted molar refractivity (Wildman–Crippen MR) is 124 cm³/mol. The van der Waals surface area contributed by atoms with E-state index in [1.807, 2.05) is 60.0 Å². The van der Waals surface area contributed by atoms with E-state index in [1.165, 1.54) is 17.4 Å². The van der Waals surface area contributed by atoms with Gasteiger partial charge in [-0.25, -0.2) is 9.37 Å². The van der Waals surface area contributed by atoms with E-state index >= 15 is 0 Å². The molecule has 3 aromatic carbocycles. The smallest absolute Gasteiger partial charge is 0.203 e. The monoisotopic (exact) mass is 481 g/mol. The van der Waals surface area contributed by atoms with E-state index in [-0.39, 0.29) is 12.4 Å². The zero-order valence-electron chi connectivity index (χ0n) is 15.8. The predicted octanol–water partition coefficient (Wildman–Crippen LogP) is 6.74. The van der Waals surface area contributed by atoms with Crippen molar-refractivity contribution in [2.45, 2.75) is 6.61 Å². The van der Waals surface area contributed by atoms with E-state index in [4.69, 9.17) is 4.74 Å². The molecule has 4 rings (SSSR count). The summed E-state index contributed by atoms with van der Waals surface area (Å²) in [7, 11) is 0. The van der Waals surface area contributed by atoms with Crippen molar-refractivity contribution in [1.29, 1.82) is 0 Å². The van der Waals surface area contributed by atoms with Gasteiger partial charge < -0.3 is 4.74 Å². The fourth-order valence-electron chi connectivity index (χ4n) is 2.71. The Bertz CT molecular complexity index is 1160. The molecule has 0 atom stereocenters. The zero-order chi connectivity index (χ0) is 20.8. The Morgan fingerprint density at radius 1 is 1.07 bits per heavy atom. The first-order valence-corrected chi connectivity index (χ1v) is 10.8. The molecule has 1 N–H and O–H groups in total. The second-order valence-corrected chi connectivity index (χ2v) is 8.14. The van der Waals surface area contributed by atoms with E-state index in [1.54, 1.807) is 18.3 Å².